The second-order valence-corrected chi connectivity index (χ2v) is 6.91. The van der Waals surface area contributed by atoms with Gasteiger partial charge in [-0.25, -0.2) is 4.79 Å². The minimum absolute atomic E-state index is 0.0935. The fraction of sp³-hybridized carbons (Fsp3) is 0.526. The van der Waals surface area contributed by atoms with Crippen LogP contribution in [0.4, 0.5) is 4.79 Å². The third-order valence-corrected chi connectivity index (χ3v) is 4.61. The maximum absolute atomic E-state index is 12.5. The molecular weight excluding hydrogens is 350 g/mol. The molecule has 0 unspecified atom stereocenters. The van der Waals surface area contributed by atoms with E-state index in [4.69, 9.17) is 4.74 Å². The predicted molar refractivity (Wildman–Crippen MR) is 99.0 cm³/mol. The Morgan fingerprint density at radius 3 is 2.52 bits per heavy atom. The Hall–Kier alpha value is -2.61. The Bertz CT molecular complexity index is 674. The van der Waals surface area contributed by atoms with E-state index in [0.717, 1.165) is 10.5 Å². The highest BCUT2D eigenvalue weighted by Gasteiger charge is 2.37. The van der Waals surface area contributed by atoms with Gasteiger partial charge in [0, 0.05) is 6.42 Å². The summed E-state index contributed by atoms with van der Waals surface area (Å²) in [7, 11) is 1.57. The Morgan fingerprint density at radius 1 is 1.30 bits per heavy atom. The molecule has 1 aromatic rings. The van der Waals surface area contributed by atoms with Crippen molar-refractivity contribution in [2.75, 3.05) is 13.7 Å². The highest BCUT2D eigenvalue weighted by Crippen LogP contribution is 2.17. The van der Waals surface area contributed by atoms with E-state index in [2.05, 4.69) is 10.6 Å². The molecule has 27 heavy (non-hydrogen) atoms. The Kier molecular flexibility index (Phi) is 7.18. The number of urea groups is 1. The molecule has 0 spiro atoms. The van der Waals surface area contributed by atoms with Crippen LogP contribution >= 0.6 is 0 Å². The molecule has 2 rings (SSSR count). The number of ether oxygens (including phenoxy) is 1. The van der Waals surface area contributed by atoms with Crippen molar-refractivity contribution in [1.82, 2.24) is 15.5 Å². The number of rotatable bonds is 9. The Balaban J connectivity index is 1.88. The standard InChI is InChI=1S/C19H27N3O5/c1-12(2)16(11-23)20-17(24)9-8-15-18(25)22(19(26)21-15)10-13-4-6-14(27-3)7-5-13/h4-7,12,15-16,23H,8-11H2,1-3H3,(H,20,24)(H,21,26)/t15-,16-/m1/s1. The number of methoxy groups -OCH3 is 1. The number of carbonyl (C=O) groups excluding carboxylic acids is 3. The van der Waals surface area contributed by atoms with Gasteiger partial charge in [-0.15, -0.1) is 0 Å². The Labute approximate surface area is 158 Å². The second-order valence-electron chi connectivity index (χ2n) is 6.91. The van der Waals surface area contributed by atoms with E-state index in [1.54, 1.807) is 31.4 Å². The zero-order chi connectivity index (χ0) is 20.0. The summed E-state index contributed by atoms with van der Waals surface area (Å²) in [5.41, 5.74) is 0.806. The number of aliphatic hydroxyl groups excluding tert-OH is 1. The molecule has 8 nitrogen and oxygen atoms in total. The molecule has 1 saturated heterocycles. The van der Waals surface area contributed by atoms with E-state index in [9.17, 15) is 19.5 Å². The van der Waals surface area contributed by atoms with Gasteiger partial charge in [0.05, 0.1) is 26.3 Å². The molecule has 148 valence electrons. The molecule has 1 aliphatic rings. The first-order chi connectivity index (χ1) is 12.8. The fourth-order valence-electron chi connectivity index (χ4n) is 2.81. The molecule has 0 bridgehead atoms. The molecule has 3 N–H and O–H groups in total. The highest BCUT2D eigenvalue weighted by molar-refractivity contribution is 6.04. The number of aliphatic hydroxyl groups is 1. The zero-order valence-electron chi connectivity index (χ0n) is 15.9. The maximum Gasteiger partial charge on any atom is 0.325 e. The molecule has 1 fully saturated rings. The van der Waals surface area contributed by atoms with Crippen molar-refractivity contribution in [1.29, 1.82) is 0 Å². The number of nitrogens with zero attached hydrogens (tertiary/aromatic N) is 1. The van der Waals surface area contributed by atoms with Crippen molar-refractivity contribution in [3.8, 4) is 5.75 Å². The summed E-state index contributed by atoms with van der Waals surface area (Å²) in [6.07, 6.45) is 0.308. The van der Waals surface area contributed by atoms with Crippen molar-refractivity contribution < 1.29 is 24.2 Å². The first-order valence-electron chi connectivity index (χ1n) is 9.00. The molecule has 0 radical (unpaired) electrons. The summed E-state index contributed by atoms with van der Waals surface area (Å²) in [5, 5.41) is 14.6. The maximum atomic E-state index is 12.5. The lowest BCUT2D eigenvalue weighted by molar-refractivity contribution is -0.128. The van der Waals surface area contributed by atoms with Gasteiger partial charge in [-0.3, -0.25) is 14.5 Å². The van der Waals surface area contributed by atoms with Gasteiger partial charge in [0.25, 0.3) is 5.91 Å². The number of imide groups is 1. The molecule has 1 aliphatic heterocycles. The van der Waals surface area contributed by atoms with Crippen LogP contribution in [0.1, 0.15) is 32.3 Å². The molecule has 0 aromatic heterocycles. The van der Waals surface area contributed by atoms with Crippen LogP contribution in [0.3, 0.4) is 0 Å². The van der Waals surface area contributed by atoms with Crippen LogP contribution in [-0.2, 0) is 16.1 Å². The first kappa shape index (κ1) is 20.7. The van der Waals surface area contributed by atoms with Crippen LogP contribution in [0, 0.1) is 5.92 Å². The third kappa shape index (κ3) is 5.43. The van der Waals surface area contributed by atoms with E-state index < -0.39 is 12.1 Å². The molecule has 1 aromatic carbocycles. The summed E-state index contributed by atoms with van der Waals surface area (Å²) in [4.78, 5) is 37.8. The van der Waals surface area contributed by atoms with Gasteiger partial charge >= 0.3 is 6.03 Å². The summed E-state index contributed by atoms with van der Waals surface area (Å²) >= 11 is 0. The van der Waals surface area contributed by atoms with Gasteiger partial charge in [-0.2, -0.15) is 0 Å². The van der Waals surface area contributed by atoms with Gasteiger partial charge in [-0.05, 0) is 30.0 Å². The van der Waals surface area contributed by atoms with Gasteiger partial charge in [0.15, 0.2) is 0 Å². The van der Waals surface area contributed by atoms with Crippen LogP contribution in [0.15, 0.2) is 24.3 Å². The van der Waals surface area contributed by atoms with Crippen molar-refractivity contribution in [2.24, 2.45) is 5.92 Å². The van der Waals surface area contributed by atoms with Crippen LogP contribution in [0.2, 0.25) is 0 Å². The lowest BCUT2D eigenvalue weighted by Gasteiger charge is -2.20. The monoisotopic (exact) mass is 377 g/mol. The zero-order valence-corrected chi connectivity index (χ0v) is 15.9. The topological polar surface area (TPSA) is 108 Å². The van der Waals surface area contributed by atoms with Gasteiger partial charge in [0.1, 0.15) is 11.8 Å². The highest BCUT2D eigenvalue weighted by atomic mass is 16.5. The summed E-state index contributed by atoms with van der Waals surface area (Å²) in [6, 6.07) is 5.62. The molecule has 8 heteroatoms. The molecule has 2 atom stereocenters. The second kappa shape index (κ2) is 9.36. The summed E-state index contributed by atoms with van der Waals surface area (Å²) < 4.78 is 5.09. The van der Waals surface area contributed by atoms with E-state index in [1.807, 2.05) is 13.8 Å². The number of benzene rings is 1. The molecular formula is C19H27N3O5. The van der Waals surface area contributed by atoms with Crippen LogP contribution in [-0.4, -0.2) is 53.7 Å². The minimum Gasteiger partial charge on any atom is -0.497 e. The van der Waals surface area contributed by atoms with Crippen molar-refractivity contribution in [3.63, 3.8) is 0 Å². The molecule has 1 heterocycles. The average Bonchev–Trinajstić information content (AvgIpc) is 2.92. The van der Waals surface area contributed by atoms with Crippen LogP contribution in [0.25, 0.3) is 0 Å². The molecule has 0 saturated carbocycles. The number of carbonyl (C=O) groups is 3. The van der Waals surface area contributed by atoms with E-state index >= 15 is 0 Å². The largest absolute Gasteiger partial charge is 0.497 e. The normalized spacial score (nSPS) is 17.8. The number of hydrogen-bond acceptors (Lipinski definition) is 5. The lowest BCUT2D eigenvalue weighted by Crippen LogP contribution is -2.42. The summed E-state index contributed by atoms with van der Waals surface area (Å²) in [6.45, 7) is 3.83. The first-order valence-corrected chi connectivity index (χ1v) is 9.00. The van der Waals surface area contributed by atoms with E-state index in [0.29, 0.717) is 5.75 Å². The van der Waals surface area contributed by atoms with Crippen LogP contribution in [0.5, 0.6) is 5.75 Å². The van der Waals surface area contributed by atoms with Gasteiger partial charge < -0.3 is 20.5 Å². The number of amides is 4. The molecule has 0 aliphatic carbocycles. The predicted octanol–water partition coefficient (Wildman–Crippen LogP) is 1.03. The fourth-order valence-corrected chi connectivity index (χ4v) is 2.81. The SMILES string of the molecule is COc1ccc(CN2C(=O)N[C@H](CCC(=O)N[C@H](CO)C(C)C)C2=O)cc1. The summed E-state index contributed by atoms with van der Waals surface area (Å²) in [5.74, 6) is 0.207. The van der Waals surface area contributed by atoms with Crippen molar-refractivity contribution in [3.05, 3.63) is 29.8 Å². The number of hydrogen-bond donors (Lipinski definition) is 3. The van der Waals surface area contributed by atoms with Crippen LogP contribution < -0.4 is 15.4 Å². The van der Waals surface area contributed by atoms with E-state index in [-0.39, 0.29) is 49.8 Å². The smallest absolute Gasteiger partial charge is 0.325 e. The average molecular weight is 377 g/mol. The van der Waals surface area contributed by atoms with E-state index in [1.165, 1.54) is 0 Å². The minimum atomic E-state index is -0.715. The molecule has 4 amide bonds. The van der Waals surface area contributed by atoms with Crippen molar-refractivity contribution in [2.45, 2.75) is 45.3 Å². The van der Waals surface area contributed by atoms with Gasteiger partial charge in [0.2, 0.25) is 5.91 Å². The lowest BCUT2D eigenvalue weighted by atomic mass is 10.0. The number of nitrogens with one attached hydrogen (secondary N) is 2. The van der Waals surface area contributed by atoms with Gasteiger partial charge in [-0.1, -0.05) is 26.0 Å². The Morgan fingerprint density at radius 2 is 1.96 bits per heavy atom. The van der Waals surface area contributed by atoms with Crippen molar-refractivity contribution >= 4 is 17.8 Å². The third-order valence-electron chi connectivity index (χ3n) is 4.61. The quantitative estimate of drug-likeness (QED) is 0.557.